The number of hydrogen-bond donors (Lipinski definition) is 1. The minimum atomic E-state index is -3.11. The SMILES string of the molecule is CC(CN)CS(=O)(=O)Cc1nc(C(C)(C)C)cs1. The number of thiazole rings is 1. The van der Waals surface area contributed by atoms with Crippen molar-refractivity contribution >= 4 is 21.2 Å². The van der Waals surface area contributed by atoms with Crippen LogP contribution in [-0.4, -0.2) is 25.7 Å². The zero-order chi connectivity index (χ0) is 14.0. The van der Waals surface area contributed by atoms with Crippen molar-refractivity contribution in [2.24, 2.45) is 11.7 Å². The number of nitrogens with two attached hydrogens (primary N) is 1. The first-order valence-corrected chi connectivity index (χ1v) is 8.69. The first-order chi connectivity index (χ1) is 8.14. The summed E-state index contributed by atoms with van der Waals surface area (Å²) in [5.41, 5.74) is 6.37. The van der Waals surface area contributed by atoms with E-state index >= 15 is 0 Å². The highest BCUT2D eigenvalue weighted by Gasteiger charge is 2.21. The van der Waals surface area contributed by atoms with Gasteiger partial charge in [-0.05, 0) is 12.5 Å². The van der Waals surface area contributed by atoms with E-state index in [9.17, 15) is 8.42 Å². The van der Waals surface area contributed by atoms with E-state index in [0.717, 1.165) is 5.69 Å². The molecular formula is C12H22N2O2S2. The maximum Gasteiger partial charge on any atom is 0.157 e. The predicted octanol–water partition coefficient (Wildman–Crippen LogP) is 1.95. The third kappa shape index (κ3) is 4.66. The van der Waals surface area contributed by atoms with Crippen molar-refractivity contribution < 1.29 is 8.42 Å². The van der Waals surface area contributed by atoms with E-state index in [2.05, 4.69) is 25.8 Å². The van der Waals surface area contributed by atoms with E-state index in [1.54, 1.807) is 0 Å². The summed E-state index contributed by atoms with van der Waals surface area (Å²) >= 11 is 1.42. The van der Waals surface area contributed by atoms with E-state index < -0.39 is 9.84 Å². The van der Waals surface area contributed by atoms with Crippen LogP contribution in [0.2, 0.25) is 0 Å². The zero-order valence-electron chi connectivity index (χ0n) is 11.4. The molecule has 6 heteroatoms. The predicted molar refractivity (Wildman–Crippen MR) is 76.5 cm³/mol. The summed E-state index contributed by atoms with van der Waals surface area (Å²) < 4.78 is 23.9. The summed E-state index contributed by atoms with van der Waals surface area (Å²) in [7, 11) is -3.11. The highest BCUT2D eigenvalue weighted by Crippen LogP contribution is 2.25. The van der Waals surface area contributed by atoms with Gasteiger partial charge in [-0.15, -0.1) is 11.3 Å². The van der Waals surface area contributed by atoms with Gasteiger partial charge in [0.1, 0.15) is 10.8 Å². The minimum absolute atomic E-state index is 0.00273. The van der Waals surface area contributed by atoms with Crippen molar-refractivity contribution in [1.29, 1.82) is 0 Å². The van der Waals surface area contributed by atoms with Crippen molar-refractivity contribution in [1.82, 2.24) is 4.98 Å². The third-order valence-corrected chi connectivity index (χ3v) is 5.43. The van der Waals surface area contributed by atoms with Crippen LogP contribution in [0.5, 0.6) is 0 Å². The number of nitrogens with zero attached hydrogens (tertiary/aromatic N) is 1. The van der Waals surface area contributed by atoms with Crippen molar-refractivity contribution in [3.05, 3.63) is 16.1 Å². The van der Waals surface area contributed by atoms with Gasteiger partial charge in [-0.3, -0.25) is 0 Å². The Morgan fingerprint density at radius 2 is 2.06 bits per heavy atom. The number of aromatic nitrogens is 1. The summed E-state index contributed by atoms with van der Waals surface area (Å²) in [6.07, 6.45) is 0. The van der Waals surface area contributed by atoms with Crippen LogP contribution in [0.3, 0.4) is 0 Å². The standard InChI is InChI=1S/C12H22N2O2S2/c1-9(5-13)7-18(15,16)8-11-14-10(6-17-11)12(2,3)4/h6,9H,5,7-8,13H2,1-4H3. The maximum absolute atomic E-state index is 11.9. The van der Waals surface area contributed by atoms with Gasteiger partial charge in [-0.1, -0.05) is 27.7 Å². The Balaban J connectivity index is 2.76. The fraction of sp³-hybridized carbons (Fsp3) is 0.750. The molecule has 1 unspecified atom stereocenters. The highest BCUT2D eigenvalue weighted by atomic mass is 32.2. The summed E-state index contributed by atoms with van der Waals surface area (Å²) in [5.74, 6) is 0.156. The largest absolute Gasteiger partial charge is 0.330 e. The summed E-state index contributed by atoms with van der Waals surface area (Å²) in [5, 5.41) is 2.61. The van der Waals surface area contributed by atoms with Crippen molar-refractivity contribution in [3.63, 3.8) is 0 Å². The van der Waals surface area contributed by atoms with Crippen LogP contribution in [0.4, 0.5) is 0 Å². The molecule has 1 aromatic rings. The average Bonchev–Trinajstić information content (AvgIpc) is 2.63. The molecule has 0 amide bonds. The zero-order valence-corrected chi connectivity index (χ0v) is 13.1. The Bertz CT molecular complexity index is 486. The maximum atomic E-state index is 11.9. The molecule has 0 fully saturated rings. The fourth-order valence-electron chi connectivity index (χ4n) is 1.47. The lowest BCUT2D eigenvalue weighted by atomic mass is 9.93. The smallest absolute Gasteiger partial charge is 0.157 e. The number of rotatable bonds is 5. The third-order valence-electron chi connectivity index (χ3n) is 2.60. The molecule has 1 rings (SSSR count). The van der Waals surface area contributed by atoms with Crippen LogP contribution in [0.25, 0.3) is 0 Å². The van der Waals surface area contributed by atoms with E-state index in [-0.39, 0.29) is 22.8 Å². The molecular weight excluding hydrogens is 268 g/mol. The van der Waals surface area contributed by atoms with E-state index in [4.69, 9.17) is 5.73 Å². The Morgan fingerprint density at radius 3 is 2.50 bits per heavy atom. The Morgan fingerprint density at radius 1 is 1.44 bits per heavy atom. The molecule has 1 heterocycles. The summed E-state index contributed by atoms with van der Waals surface area (Å²) in [4.78, 5) is 4.41. The van der Waals surface area contributed by atoms with Crippen molar-refractivity contribution in [3.8, 4) is 0 Å². The second-order valence-electron chi connectivity index (χ2n) is 5.77. The van der Waals surface area contributed by atoms with Crippen LogP contribution in [0.15, 0.2) is 5.38 Å². The quantitative estimate of drug-likeness (QED) is 0.899. The molecule has 1 aromatic heterocycles. The number of sulfone groups is 1. The lowest BCUT2D eigenvalue weighted by molar-refractivity contribution is 0.566. The topological polar surface area (TPSA) is 73.1 Å². The van der Waals surface area contributed by atoms with Crippen LogP contribution in [-0.2, 0) is 21.0 Å². The van der Waals surface area contributed by atoms with E-state index in [1.165, 1.54) is 11.3 Å². The molecule has 1 atom stereocenters. The highest BCUT2D eigenvalue weighted by molar-refractivity contribution is 7.90. The Kier molecular flexibility index (Phi) is 4.91. The van der Waals surface area contributed by atoms with Gasteiger partial charge in [-0.25, -0.2) is 13.4 Å². The van der Waals surface area contributed by atoms with Gasteiger partial charge in [0, 0.05) is 10.8 Å². The van der Waals surface area contributed by atoms with Crippen molar-refractivity contribution in [2.45, 2.75) is 38.9 Å². The van der Waals surface area contributed by atoms with Gasteiger partial charge < -0.3 is 5.73 Å². The lowest BCUT2D eigenvalue weighted by Crippen LogP contribution is -2.22. The van der Waals surface area contributed by atoms with E-state index in [1.807, 2.05) is 12.3 Å². The van der Waals surface area contributed by atoms with Crippen LogP contribution >= 0.6 is 11.3 Å². The summed E-state index contributed by atoms with van der Waals surface area (Å²) in [6.45, 7) is 8.44. The summed E-state index contributed by atoms with van der Waals surface area (Å²) in [6, 6.07) is 0. The van der Waals surface area contributed by atoms with Gasteiger partial charge in [0.15, 0.2) is 9.84 Å². The van der Waals surface area contributed by atoms with Gasteiger partial charge in [0.25, 0.3) is 0 Å². The molecule has 0 aliphatic heterocycles. The van der Waals surface area contributed by atoms with Crippen molar-refractivity contribution in [2.75, 3.05) is 12.3 Å². The van der Waals surface area contributed by atoms with Gasteiger partial charge in [0.2, 0.25) is 0 Å². The fourth-order valence-corrected chi connectivity index (χ4v) is 4.65. The monoisotopic (exact) mass is 290 g/mol. The molecule has 0 spiro atoms. The first-order valence-electron chi connectivity index (χ1n) is 5.99. The van der Waals surface area contributed by atoms with Crippen LogP contribution in [0, 0.1) is 5.92 Å². The molecule has 0 saturated carbocycles. The molecule has 18 heavy (non-hydrogen) atoms. The van der Waals surface area contributed by atoms with Gasteiger partial charge >= 0.3 is 0 Å². The lowest BCUT2D eigenvalue weighted by Gasteiger charge is -2.14. The van der Waals surface area contributed by atoms with Gasteiger partial charge in [0.05, 0.1) is 11.4 Å². The van der Waals surface area contributed by atoms with Crippen LogP contribution < -0.4 is 5.73 Å². The molecule has 0 aliphatic carbocycles. The Hall–Kier alpha value is -0.460. The first kappa shape index (κ1) is 15.6. The molecule has 4 nitrogen and oxygen atoms in total. The molecule has 0 aromatic carbocycles. The molecule has 2 N–H and O–H groups in total. The molecule has 0 bridgehead atoms. The molecule has 104 valence electrons. The average molecular weight is 290 g/mol. The molecule has 0 radical (unpaired) electrons. The second-order valence-corrected chi connectivity index (χ2v) is 8.82. The normalized spacial score (nSPS) is 14.7. The second kappa shape index (κ2) is 5.67. The Labute approximate surface area is 114 Å². The number of hydrogen-bond acceptors (Lipinski definition) is 5. The minimum Gasteiger partial charge on any atom is -0.330 e. The van der Waals surface area contributed by atoms with Gasteiger partial charge in [-0.2, -0.15) is 0 Å². The molecule has 0 aliphatic rings. The molecule has 0 saturated heterocycles. The van der Waals surface area contributed by atoms with Crippen LogP contribution in [0.1, 0.15) is 38.4 Å². The van der Waals surface area contributed by atoms with E-state index in [0.29, 0.717) is 11.6 Å².